The molecule has 2 aliphatic heterocycles. The van der Waals surface area contributed by atoms with E-state index in [0.29, 0.717) is 4.88 Å². The van der Waals surface area contributed by atoms with Crippen LogP contribution in [0.4, 0.5) is 0 Å². The summed E-state index contributed by atoms with van der Waals surface area (Å²) in [7, 11) is 0. The van der Waals surface area contributed by atoms with Crippen LogP contribution in [0.15, 0.2) is 17.5 Å². The first kappa shape index (κ1) is 28.4. The van der Waals surface area contributed by atoms with E-state index >= 15 is 0 Å². The summed E-state index contributed by atoms with van der Waals surface area (Å²) in [5, 5.41) is 26.4. The van der Waals surface area contributed by atoms with Gasteiger partial charge >= 0.3 is 11.9 Å². The summed E-state index contributed by atoms with van der Waals surface area (Å²) >= 11 is 2.59. The fourth-order valence-corrected chi connectivity index (χ4v) is 5.62. The van der Waals surface area contributed by atoms with Gasteiger partial charge in [-0.05, 0) is 24.1 Å². The topological polar surface area (TPSA) is 173 Å². The zero-order valence-electron chi connectivity index (χ0n) is 20.3. The Kier molecular flexibility index (Phi) is 9.92. The Hall–Kier alpha value is -3.13. The van der Waals surface area contributed by atoms with Crippen molar-refractivity contribution in [3.63, 3.8) is 0 Å². The fourth-order valence-electron chi connectivity index (χ4n) is 4.64. The van der Waals surface area contributed by atoms with Crippen LogP contribution in [0.2, 0.25) is 0 Å². The number of thioether (sulfide) groups is 1. The maximum atomic E-state index is 12.8. The summed E-state index contributed by atoms with van der Waals surface area (Å²) in [5.74, 6) is -3.56. The predicted octanol–water partition coefficient (Wildman–Crippen LogP) is 0.236. The van der Waals surface area contributed by atoms with Gasteiger partial charge in [-0.3, -0.25) is 19.2 Å². The maximum Gasteiger partial charge on any atom is 0.326 e. The van der Waals surface area contributed by atoms with Gasteiger partial charge in [0.2, 0.25) is 17.7 Å². The third-order valence-corrected chi connectivity index (χ3v) is 7.73. The number of carbonyl (C=O) groups excluding carboxylic acids is 4. The number of aliphatic carboxylic acids is 2. The van der Waals surface area contributed by atoms with E-state index in [1.807, 2.05) is 0 Å². The monoisotopic (exact) mass is 554 g/mol. The molecule has 0 aromatic carbocycles. The minimum Gasteiger partial charge on any atom is -0.480 e. The quantitative estimate of drug-likeness (QED) is 0.299. The summed E-state index contributed by atoms with van der Waals surface area (Å²) in [6.45, 7) is 0.119. The van der Waals surface area contributed by atoms with Crippen molar-refractivity contribution < 1.29 is 39.0 Å². The van der Waals surface area contributed by atoms with Gasteiger partial charge in [-0.25, -0.2) is 9.59 Å². The average molecular weight is 555 g/mol. The van der Waals surface area contributed by atoms with Crippen molar-refractivity contribution in [2.75, 3.05) is 25.1 Å². The van der Waals surface area contributed by atoms with Crippen molar-refractivity contribution in [1.29, 1.82) is 0 Å². The molecule has 4 atom stereocenters. The van der Waals surface area contributed by atoms with E-state index in [4.69, 9.17) is 0 Å². The third-order valence-electron chi connectivity index (χ3n) is 6.31. The Morgan fingerprint density at radius 2 is 1.49 bits per heavy atom. The van der Waals surface area contributed by atoms with Crippen LogP contribution in [0.5, 0.6) is 0 Å². The van der Waals surface area contributed by atoms with Gasteiger partial charge in [-0.15, -0.1) is 11.3 Å². The Bertz CT molecular complexity index is 1030. The molecule has 1 aromatic rings. The second-order valence-corrected chi connectivity index (χ2v) is 10.8. The van der Waals surface area contributed by atoms with Crippen LogP contribution in [-0.4, -0.2) is 105 Å². The van der Waals surface area contributed by atoms with Crippen molar-refractivity contribution in [2.45, 2.75) is 56.3 Å². The lowest BCUT2D eigenvalue weighted by atomic mass is 10.1. The zero-order chi connectivity index (χ0) is 27.1. The molecule has 2 fully saturated rings. The number of nitrogens with one attached hydrogen (secondary N) is 2. The first-order chi connectivity index (χ1) is 17.6. The van der Waals surface area contributed by atoms with E-state index in [1.165, 1.54) is 32.9 Å². The van der Waals surface area contributed by atoms with Crippen LogP contribution in [0, 0.1) is 0 Å². The largest absolute Gasteiger partial charge is 0.480 e. The molecular weight excluding hydrogens is 524 g/mol. The second-order valence-electron chi connectivity index (χ2n) is 8.97. The number of hydrogen-bond donors (Lipinski definition) is 4. The minimum atomic E-state index is -1.17. The lowest BCUT2D eigenvalue weighted by Gasteiger charge is -2.23. The molecule has 0 unspecified atom stereocenters. The molecule has 14 heteroatoms. The zero-order valence-corrected chi connectivity index (χ0v) is 21.9. The molecule has 0 bridgehead atoms. The molecule has 2 aliphatic rings. The van der Waals surface area contributed by atoms with Crippen molar-refractivity contribution in [3.8, 4) is 0 Å². The number of carbonyl (C=O) groups is 6. The number of rotatable bonds is 11. The molecule has 3 heterocycles. The van der Waals surface area contributed by atoms with Gasteiger partial charge in [0.15, 0.2) is 0 Å². The summed E-state index contributed by atoms with van der Waals surface area (Å²) in [4.78, 5) is 76.0. The molecule has 0 saturated carbocycles. The smallest absolute Gasteiger partial charge is 0.326 e. The highest BCUT2D eigenvalue weighted by molar-refractivity contribution is 7.99. The summed E-state index contributed by atoms with van der Waals surface area (Å²) in [5.41, 5.74) is 0. The molecule has 37 heavy (non-hydrogen) atoms. The second kappa shape index (κ2) is 12.9. The maximum absolute atomic E-state index is 12.8. The lowest BCUT2D eigenvalue weighted by molar-refractivity contribution is -0.149. The Balaban J connectivity index is 1.51. The number of amides is 4. The van der Waals surface area contributed by atoms with E-state index in [0.717, 1.165) is 0 Å². The van der Waals surface area contributed by atoms with Crippen LogP contribution in [0.1, 0.15) is 41.8 Å². The molecule has 3 rings (SSSR count). The standard InChI is InChI=1S/C23H30N4O8S2/c1-36-12-18(28)24-13-8-15(22(32)33)26(10-13)19(29)5-2-6-20(30)27-11-14(9-16(27)23(34)35)25-21(31)17-4-3-7-37-17/h3-4,7,13-16H,2,5-6,8-12H2,1H3,(H,24,28)(H,25,31)(H,32,33)(H,34,35)/t13-,14-,15-,16-/m0/s1. The van der Waals surface area contributed by atoms with Gasteiger partial charge in [0, 0.05) is 50.9 Å². The van der Waals surface area contributed by atoms with Crippen molar-refractivity contribution in [2.24, 2.45) is 0 Å². The number of carboxylic acid groups (broad SMARTS) is 2. The highest BCUT2D eigenvalue weighted by Crippen LogP contribution is 2.23. The van der Waals surface area contributed by atoms with Gasteiger partial charge in [-0.2, -0.15) is 11.8 Å². The molecule has 202 valence electrons. The van der Waals surface area contributed by atoms with Crippen LogP contribution >= 0.6 is 23.1 Å². The van der Waals surface area contributed by atoms with Crippen molar-refractivity contribution in [3.05, 3.63) is 22.4 Å². The summed E-state index contributed by atoms with van der Waals surface area (Å²) < 4.78 is 0. The third kappa shape index (κ3) is 7.44. The van der Waals surface area contributed by atoms with Gasteiger partial charge in [0.25, 0.3) is 5.91 Å². The van der Waals surface area contributed by atoms with Gasteiger partial charge in [-0.1, -0.05) is 6.07 Å². The molecule has 1 aromatic heterocycles. The molecule has 12 nitrogen and oxygen atoms in total. The molecule has 0 aliphatic carbocycles. The molecule has 0 radical (unpaired) electrons. The van der Waals surface area contributed by atoms with Gasteiger partial charge < -0.3 is 30.6 Å². The number of carboxylic acids is 2. The van der Waals surface area contributed by atoms with E-state index in [2.05, 4.69) is 10.6 Å². The number of thiophene rings is 1. The van der Waals surface area contributed by atoms with E-state index in [9.17, 15) is 39.0 Å². The van der Waals surface area contributed by atoms with Crippen molar-refractivity contribution >= 4 is 58.7 Å². The SMILES string of the molecule is CSCC(=O)N[C@H]1C[C@@H](C(=O)O)N(C(=O)CCCC(=O)N2C[C@@H](NC(=O)c3cccs3)C[C@H]2C(=O)O)C1. The molecule has 4 N–H and O–H groups in total. The number of hydrogen-bond acceptors (Lipinski definition) is 8. The average Bonchev–Trinajstić information content (AvgIpc) is 3.58. The highest BCUT2D eigenvalue weighted by Gasteiger charge is 2.41. The Morgan fingerprint density at radius 1 is 0.946 bits per heavy atom. The van der Waals surface area contributed by atoms with Crippen LogP contribution in [0.25, 0.3) is 0 Å². The summed E-state index contributed by atoms with van der Waals surface area (Å²) in [6.07, 6.45) is 1.87. The first-order valence-corrected chi connectivity index (χ1v) is 14.0. The molecule has 0 spiro atoms. The highest BCUT2D eigenvalue weighted by atomic mass is 32.2. The fraction of sp³-hybridized carbons (Fsp3) is 0.565. The molecular formula is C23H30N4O8S2. The predicted molar refractivity (Wildman–Crippen MR) is 135 cm³/mol. The van der Waals surface area contributed by atoms with E-state index in [-0.39, 0.29) is 62.8 Å². The van der Waals surface area contributed by atoms with Gasteiger partial charge in [0.1, 0.15) is 12.1 Å². The number of nitrogens with zero attached hydrogens (tertiary/aromatic N) is 2. The normalized spacial score (nSPS) is 23.1. The lowest BCUT2D eigenvalue weighted by Crippen LogP contribution is -2.42. The van der Waals surface area contributed by atoms with Crippen LogP contribution in [0.3, 0.4) is 0 Å². The van der Waals surface area contributed by atoms with Gasteiger partial charge in [0.05, 0.1) is 10.6 Å². The molecule has 4 amide bonds. The Labute approximate surface area is 221 Å². The van der Waals surface area contributed by atoms with Crippen molar-refractivity contribution in [1.82, 2.24) is 20.4 Å². The number of likely N-dealkylation sites (tertiary alicyclic amines) is 2. The van der Waals surface area contributed by atoms with Crippen LogP contribution in [-0.2, 0) is 24.0 Å². The van der Waals surface area contributed by atoms with E-state index < -0.39 is 47.9 Å². The van der Waals surface area contributed by atoms with E-state index in [1.54, 1.807) is 23.8 Å². The first-order valence-electron chi connectivity index (χ1n) is 11.8. The van der Waals surface area contributed by atoms with Crippen LogP contribution < -0.4 is 10.6 Å². The Morgan fingerprint density at radius 3 is 1.95 bits per heavy atom. The summed E-state index contributed by atoms with van der Waals surface area (Å²) in [6, 6.07) is 0.254. The minimum absolute atomic E-state index is 0.0471. The molecule has 2 saturated heterocycles.